The van der Waals surface area contributed by atoms with Gasteiger partial charge in [0.25, 0.3) is 11.8 Å². The van der Waals surface area contributed by atoms with Crippen molar-refractivity contribution in [1.29, 1.82) is 0 Å². The van der Waals surface area contributed by atoms with Gasteiger partial charge in [-0.2, -0.15) is 0 Å². The molecule has 9 nitrogen and oxygen atoms in total. The molecular weight excluding hydrogens is 395 g/mol. The fraction of sp³-hybridized carbons (Fsp3) is 0.400. The van der Waals surface area contributed by atoms with Gasteiger partial charge in [0.05, 0.1) is 11.2 Å². The Morgan fingerprint density at radius 3 is 2.43 bits per heavy atom. The molecule has 2 aliphatic rings. The van der Waals surface area contributed by atoms with Crippen LogP contribution in [0.3, 0.4) is 0 Å². The Kier molecular flexibility index (Phi) is 5.25. The van der Waals surface area contributed by atoms with Crippen molar-refractivity contribution in [2.75, 3.05) is 31.1 Å². The zero-order valence-electron chi connectivity index (χ0n) is 16.4. The van der Waals surface area contributed by atoms with Gasteiger partial charge in [0.2, 0.25) is 5.43 Å². The molecule has 2 amide bonds. The van der Waals surface area contributed by atoms with Crippen LogP contribution in [0.5, 0.6) is 0 Å². The minimum Gasteiger partial charge on any atom is -0.367 e. The van der Waals surface area contributed by atoms with E-state index in [1.807, 2.05) is 11.8 Å². The number of imide groups is 1. The molecular formula is C20H21FN4O5. The van der Waals surface area contributed by atoms with E-state index < -0.39 is 29.0 Å². The molecule has 0 unspecified atom stereocenters. The van der Waals surface area contributed by atoms with Crippen LogP contribution < -0.4 is 15.6 Å². The average Bonchev–Trinajstić information content (AvgIpc) is 3.06. The minimum atomic E-state index is -1.13. The van der Waals surface area contributed by atoms with Crippen LogP contribution in [-0.2, 0) is 21.0 Å². The number of carbonyl (C=O) groups is 3. The summed E-state index contributed by atoms with van der Waals surface area (Å²) in [5.74, 6) is -2.97. The first-order chi connectivity index (χ1) is 14.4. The maximum absolute atomic E-state index is 14.9. The zero-order chi connectivity index (χ0) is 21.4. The molecule has 1 aromatic carbocycles. The smallest absolute Gasteiger partial charge is 0.367 e. The van der Waals surface area contributed by atoms with Gasteiger partial charge in [-0.05, 0) is 19.1 Å². The summed E-state index contributed by atoms with van der Waals surface area (Å²) in [6, 6.07) is 2.74. The number of hydroxylamine groups is 2. The van der Waals surface area contributed by atoms with E-state index in [2.05, 4.69) is 5.32 Å². The second-order valence-electron chi connectivity index (χ2n) is 7.18. The van der Waals surface area contributed by atoms with E-state index >= 15 is 0 Å². The number of fused-ring (bicyclic) bond motifs is 1. The molecule has 2 fully saturated rings. The number of amides is 2. The minimum absolute atomic E-state index is 0.0294. The van der Waals surface area contributed by atoms with Gasteiger partial charge in [0.1, 0.15) is 11.4 Å². The number of hydrogen-bond donors (Lipinski definition) is 1. The number of aryl methyl sites for hydroxylation is 1. The average molecular weight is 416 g/mol. The van der Waals surface area contributed by atoms with Gasteiger partial charge in [-0.3, -0.25) is 14.4 Å². The molecule has 0 aliphatic carbocycles. The molecule has 2 aliphatic heterocycles. The topological polar surface area (TPSA) is 101 Å². The van der Waals surface area contributed by atoms with E-state index in [1.165, 1.54) is 6.20 Å². The van der Waals surface area contributed by atoms with Crippen molar-refractivity contribution in [3.05, 3.63) is 39.9 Å². The third-order valence-electron chi connectivity index (χ3n) is 5.35. The van der Waals surface area contributed by atoms with Gasteiger partial charge in [0, 0.05) is 57.1 Å². The molecule has 10 heteroatoms. The number of halogens is 1. The summed E-state index contributed by atoms with van der Waals surface area (Å²) >= 11 is 0. The second-order valence-corrected chi connectivity index (χ2v) is 7.18. The highest BCUT2D eigenvalue weighted by atomic mass is 19.1. The van der Waals surface area contributed by atoms with Crippen molar-refractivity contribution in [3.63, 3.8) is 0 Å². The number of nitrogens with one attached hydrogen (secondary N) is 1. The van der Waals surface area contributed by atoms with E-state index in [0.717, 1.165) is 19.2 Å². The maximum atomic E-state index is 14.9. The van der Waals surface area contributed by atoms with Gasteiger partial charge in [-0.25, -0.2) is 9.18 Å². The lowest BCUT2D eigenvalue weighted by molar-refractivity contribution is -0.172. The molecule has 0 atom stereocenters. The molecule has 0 spiro atoms. The largest absolute Gasteiger partial charge is 0.369 e. The number of hydrogen-bond acceptors (Lipinski definition) is 7. The molecule has 0 bridgehead atoms. The van der Waals surface area contributed by atoms with Gasteiger partial charge < -0.3 is 19.6 Å². The predicted molar refractivity (Wildman–Crippen MR) is 105 cm³/mol. The Balaban J connectivity index is 1.76. The van der Waals surface area contributed by atoms with E-state index in [1.54, 1.807) is 10.6 Å². The summed E-state index contributed by atoms with van der Waals surface area (Å²) in [6.45, 7) is 4.97. The molecule has 4 rings (SSSR count). The van der Waals surface area contributed by atoms with Gasteiger partial charge >= 0.3 is 5.97 Å². The quantitative estimate of drug-likeness (QED) is 0.736. The fourth-order valence-electron chi connectivity index (χ4n) is 3.74. The summed E-state index contributed by atoms with van der Waals surface area (Å²) in [4.78, 5) is 55.6. The van der Waals surface area contributed by atoms with Crippen molar-refractivity contribution >= 4 is 34.4 Å². The highest BCUT2D eigenvalue weighted by Crippen LogP contribution is 2.26. The lowest BCUT2D eigenvalue weighted by atomic mass is 10.1. The van der Waals surface area contributed by atoms with E-state index in [-0.39, 0.29) is 23.8 Å². The summed E-state index contributed by atoms with van der Waals surface area (Å²) in [5.41, 5.74) is -0.202. The molecule has 30 heavy (non-hydrogen) atoms. The normalized spacial score (nSPS) is 17.1. The van der Waals surface area contributed by atoms with E-state index in [0.29, 0.717) is 35.9 Å². The number of benzene rings is 1. The Morgan fingerprint density at radius 1 is 1.13 bits per heavy atom. The Morgan fingerprint density at radius 2 is 1.80 bits per heavy atom. The summed E-state index contributed by atoms with van der Waals surface area (Å²) in [7, 11) is 0. The van der Waals surface area contributed by atoms with Gasteiger partial charge in [0.15, 0.2) is 0 Å². The third-order valence-corrected chi connectivity index (χ3v) is 5.35. The summed E-state index contributed by atoms with van der Waals surface area (Å²) in [6.07, 6.45) is 1.21. The number of carbonyl (C=O) groups excluding carboxylic acids is 3. The van der Waals surface area contributed by atoms with Gasteiger partial charge in [-0.1, -0.05) is 0 Å². The van der Waals surface area contributed by atoms with Crippen LogP contribution in [0.15, 0.2) is 23.1 Å². The fourth-order valence-corrected chi connectivity index (χ4v) is 3.74. The van der Waals surface area contributed by atoms with Crippen molar-refractivity contribution in [2.24, 2.45) is 0 Å². The maximum Gasteiger partial charge on any atom is 0.369 e. The Hall–Kier alpha value is -3.27. The molecule has 1 N–H and O–H groups in total. The van der Waals surface area contributed by atoms with Crippen LogP contribution in [0.25, 0.3) is 10.9 Å². The number of aromatic nitrogens is 1. The molecule has 158 valence electrons. The monoisotopic (exact) mass is 416 g/mol. The first-order valence-corrected chi connectivity index (χ1v) is 9.81. The standard InChI is InChI=1S/C20H21FN4O5/c1-2-23-11-13(20(29)30-25-17(26)3-4-18(25)27)19(28)12-9-14(21)16(10-15(12)23)24-7-5-22-6-8-24/h9-11,22H,2-8H2,1H3. The van der Waals surface area contributed by atoms with Gasteiger partial charge in [-0.15, -0.1) is 5.06 Å². The van der Waals surface area contributed by atoms with E-state index in [9.17, 15) is 23.6 Å². The number of rotatable bonds is 4. The summed E-state index contributed by atoms with van der Waals surface area (Å²) < 4.78 is 16.5. The molecule has 0 saturated carbocycles. The Labute approximate surface area is 170 Å². The lowest BCUT2D eigenvalue weighted by Gasteiger charge is -2.30. The number of nitrogens with zero attached hydrogens (tertiary/aromatic N) is 3. The Bertz CT molecular complexity index is 1090. The third kappa shape index (κ3) is 3.43. The first kappa shape index (κ1) is 20.0. The molecule has 3 heterocycles. The molecule has 0 radical (unpaired) electrons. The van der Waals surface area contributed by atoms with Crippen molar-refractivity contribution in [3.8, 4) is 0 Å². The van der Waals surface area contributed by atoms with Crippen LogP contribution >= 0.6 is 0 Å². The molecule has 2 saturated heterocycles. The van der Waals surface area contributed by atoms with Crippen molar-refractivity contribution < 1.29 is 23.6 Å². The second kappa shape index (κ2) is 7.86. The number of piperazine rings is 1. The number of anilines is 1. The van der Waals surface area contributed by atoms with Crippen molar-refractivity contribution in [1.82, 2.24) is 14.9 Å². The highest BCUT2D eigenvalue weighted by Gasteiger charge is 2.34. The SMILES string of the molecule is CCn1cc(C(=O)ON2C(=O)CCC2=O)c(=O)c2cc(F)c(N3CCNCC3)cc21. The first-order valence-electron chi connectivity index (χ1n) is 9.81. The molecule has 1 aromatic heterocycles. The zero-order valence-corrected chi connectivity index (χ0v) is 16.4. The molecule has 2 aromatic rings. The van der Waals surface area contributed by atoms with Crippen molar-refractivity contribution in [2.45, 2.75) is 26.3 Å². The highest BCUT2D eigenvalue weighted by molar-refractivity contribution is 6.03. The van der Waals surface area contributed by atoms with Crippen LogP contribution in [0.2, 0.25) is 0 Å². The van der Waals surface area contributed by atoms with Crippen LogP contribution in [0, 0.1) is 5.82 Å². The van der Waals surface area contributed by atoms with E-state index in [4.69, 9.17) is 4.84 Å². The predicted octanol–water partition coefficient (Wildman–Crippen LogP) is 0.791. The van der Waals surface area contributed by atoms with Crippen LogP contribution in [0.4, 0.5) is 10.1 Å². The lowest BCUT2D eigenvalue weighted by Crippen LogP contribution is -2.43. The van der Waals surface area contributed by atoms with Crippen LogP contribution in [0.1, 0.15) is 30.1 Å². The van der Waals surface area contributed by atoms with Crippen LogP contribution in [-0.4, -0.2) is 53.6 Å². The summed E-state index contributed by atoms with van der Waals surface area (Å²) in [5, 5.41) is 3.62. The number of pyridine rings is 1.